The summed E-state index contributed by atoms with van der Waals surface area (Å²) in [7, 11) is 0. The van der Waals surface area contributed by atoms with Gasteiger partial charge in [0.25, 0.3) is 0 Å². The van der Waals surface area contributed by atoms with Crippen LogP contribution in [0.1, 0.15) is 26.7 Å². The number of carbonyl (C=O) groups excluding carboxylic acids is 2. The SMILES string of the molecule is CC([NH-])=O.CC([NH-])=O.[C-]1=CC=CC1.[C-]1=CC=CC1.[V+4]. The molecule has 5 heteroatoms. The maximum absolute atomic E-state index is 9.11. The standard InChI is InChI=1S/2C5H5.2C2H5NO.V/c2*1-2-4-5-3-1;2*1-2(3)4;/h2*1-3H,4H2;2*1H3,(H2,3,4);/q2*-1;;;+4/p-2. The zero-order valence-corrected chi connectivity index (χ0v) is 12.5. The van der Waals surface area contributed by atoms with Gasteiger partial charge in [-0.3, -0.25) is 12.2 Å². The first kappa shape index (κ1) is 22.6. The van der Waals surface area contributed by atoms with E-state index < -0.39 is 11.8 Å². The third-order valence-electron chi connectivity index (χ3n) is 1.17. The number of hydrogen-bond donors (Lipinski definition) is 0. The Hall–Kier alpha value is -1.52. The predicted octanol–water partition coefficient (Wildman–Crippen LogP) is 3.78. The Labute approximate surface area is 127 Å². The van der Waals surface area contributed by atoms with Crippen LogP contribution in [0.3, 0.4) is 0 Å². The number of allylic oxidation sites excluding steroid dienone is 8. The number of carbonyl (C=O) groups is 2. The Kier molecular flexibility index (Phi) is 22.5. The van der Waals surface area contributed by atoms with Crippen molar-refractivity contribution >= 4 is 11.8 Å². The molecule has 2 aliphatic carbocycles. The third kappa shape index (κ3) is 48.0. The molecule has 2 aliphatic rings. The van der Waals surface area contributed by atoms with Gasteiger partial charge >= 0.3 is 18.6 Å². The van der Waals surface area contributed by atoms with Gasteiger partial charge in [0.2, 0.25) is 0 Å². The van der Waals surface area contributed by atoms with Gasteiger partial charge in [-0.05, 0) is 13.8 Å². The first-order valence-corrected chi connectivity index (χ1v) is 5.34. The Balaban J connectivity index is -0.000000178. The molecule has 0 spiro atoms. The van der Waals surface area contributed by atoms with Crippen molar-refractivity contribution in [3.8, 4) is 0 Å². The van der Waals surface area contributed by atoms with E-state index in [4.69, 9.17) is 21.1 Å². The molecular formula is C14H18N2O2V. The van der Waals surface area contributed by atoms with Gasteiger partial charge in [0, 0.05) is 11.8 Å². The van der Waals surface area contributed by atoms with E-state index in [0.29, 0.717) is 0 Å². The number of nitrogens with one attached hydrogen (secondary N) is 2. The fraction of sp³-hybridized carbons (Fsp3) is 0.286. The molecule has 0 unspecified atom stereocenters. The summed E-state index contributed by atoms with van der Waals surface area (Å²) in [5.41, 5.74) is 11.9. The van der Waals surface area contributed by atoms with Crippen molar-refractivity contribution in [1.82, 2.24) is 0 Å². The molecule has 0 fully saturated rings. The molecule has 2 N–H and O–H groups in total. The van der Waals surface area contributed by atoms with Gasteiger partial charge in [-0.1, -0.05) is 0 Å². The van der Waals surface area contributed by atoms with Crippen molar-refractivity contribution in [2.24, 2.45) is 0 Å². The molecule has 19 heavy (non-hydrogen) atoms. The summed E-state index contributed by atoms with van der Waals surface area (Å²) in [6.07, 6.45) is 20.0. The smallest absolute Gasteiger partial charge is 0.668 e. The Morgan fingerprint density at radius 1 is 0.895 bits per heavy atom. The Morgan fingerprint density at radius 3 is 1.21 bits per heavy atom. The molecular weight excluding hydrogens is 279 g/mol. The van der Waals surface area contributed by atoms with Crippen LogP contribution >= 0.6 is 0 Å². The van der Waals surface area contributed by atoms with E-state index in [-0.39, 0.29) is 18.6 Å². The van der Waals surface area contributed by atoms with Crippen LogP contribution in [0, 0.1) is 12.2 Å². The average Bonchev–Trinajstić information content (AvgIpc) is 2.96. The van der Waals surface area contributed by atoms with Crippen LogP contribution < -0.4 is 0 Å². The van der Waals surface area contributed by atoms with Crippen LogP contribution in [0.5, 0.6) is 0 Å². The molecule has 0 saturated heterocycles. The summed E-state index contributed by atoms with van der Waals surface area (Å²) >= 11 is 0. The summed E-state index contributed by atoms with van der Waals surface area (Å²) in [5.74, 6) is -1.17. The minimum Gasteiger partial charge on any atom is -0.668 e. The van der Waals surface area contributed by atoms with Crippen LogP contribution in [0.2, 0.25) is 0 Å². The maximum atomic E-state index is 9.11. The van der Waals surface area contributed by atoms with E-state index in [1.165, 1.54) is 13.8 Å². The molecule has 0 aromatic heterocycles. The molecule has 0 aromatic rings. The van der Waals surface area contributed by atoms with Crippen LogP contribution in [-0.2, 0) is 28.1 Å². The van der Waals surface area contributed by atoms with Gasteiger partial charge < -0.3 is 21.1 Å². The summed E-state index contributed by atoms with van der Waals surface area (Å²) in [6, 6.07) is 0. The second kappa shape index (κ2) is 18.8. The van der Waals surface area contributed by atoms with E-state index in [1.54, 1.807) is 0 Å². The molecule has 0 heterocycles. The van der Waals surface area contributed by atoms with Crippen LogP contribution in [0.25, 0.3) is 11.5 Å². The maximum Gasteiger partial charge on any atom is 4.00 e. The van der Waals surface area contributed by atoms with Gasteiger partial charge in [0.05, 0.1) is 0 Å². The Morgan fingerprint density at radius 2 is 1.16 bits per heavy atom. The predicted molar refractivity (Wildman–Crippen MR) is 73.1 cm³/mol. The molecule has 0 bridgehead atoms. The molecule has 2 rings (SSSR count). The van der Waals surface area contributed by atoms with Gasteiger partial charge in [-0.2, -0.15) is 12.2 Å². The van der Waals surface area contributed by atoms with Crippen LogP contribution in [0.4, 0.5) is 0 Å². The molecule has 0 atom stereocenters. The summed E-state index contributed by atoms with van der Waals surface area (Å²) in [5, 5.41) is 0. The van der Waals surface area contributed by atoms with E-state index in [9.17, 15) is 0 Å². The zero-order valence-electron chi connectivity index (χ0n) is 11.1. The van der Waals surface area contributed by atoms with E-state index in [1.807, 2.05) is 24.3 Å². The molecule has 1 radical (unpaired) electrons. The van der Waals surface area contributed by atoms with Crippen molar-refractivity contribution < 1.29 is 28.1 Å². The van der Waals surface area contributed by atoms with Crippen LogP contribution in [0.15, 0.2) is 36.5 Å². The molecule has 0 saturated carbocycles. The normalized spacial score (nSPS) is 11.9. The molecule has 4 nitrogen and oxygen atoms in total. The summed E-state index contributed by atoms with van der Waals surface area (Å²) in [4.78, 5) is 18.2. The van der Waals surface area contributed by atoms with Crippen molar-refractivity contribution in [3.63, 3.8) is 0 Å². The third-order valence-corrected chi connectivity index (χ3v) is 1.17. The van der Waals surface area contributed by atoms with Gasteiger partial charge in [0.1, 0.15) is 0 Å². The zero-order chi connectivity index (χ0) is 14.2. The summed E-state index contributed by atoms with van der Waals surface area (Å²) < 4.78 is 0. The molecule has 0 aliphatic heterocycles. The second-order valence-electron chi connectivity index (χ2n) is 3.12. The first-order valence-electron chi connectivity index (χ1n) is 5.34. The molecule has 0 aromatic carbocycles. The van der Waals surface area contributed by atoms with Crippen molar-refractivity contribution in [2.75, 3.05) is 0 Å². The summed E-state index contributed by atoms with van der Waals surface area (Å²) in [6.45, 7) is 2.39. The van der Waals surface area contributed by atoms with Crippen molar-refractivity contribution in [3.05, 3.63) is 60.1 Å². The number of amides is 2. The fourth-order valence-corrected chi connectivity index (χ4v) is 0.680. The number of rotatable bonds is 0. The molecule has 101 valence electrons. The second-order valence-corrected chi connectivity index (χ2v) is 3.12. The van der Waals surface area contributed by atoms with E-state index >= 15 is 0 Å². The van der Waals surface area contributed by atoms with Gasteiger partial charge in [0.15, 0.2) is 0 Å². The van der Waals surface area contributed by atoms with Crippen molar-refractivity contribution in [2.45, 2.75) is 26.7 Å². The molecule has 2 amide bonds. The van der Waals surface area contributed by atoms with E-state index in [0.717, 1.165) is 12.8 Å². The topological polar surface area (TPSA) is 81.7 Å². The van der Waals surface area contributed by atoms with Gasteiger partial charge in [-0.25, -0.2) is 24.3 Å². The monoisotopic (exact) mass is 297 g/mol. The minimum absolute atomic E-state index is 0. The largest absolute Gasteiger partial charge is 4.00 e. The number of hydrogen-bond acceptors (Lipinski definition) is 2. The van der Waals surface area contributed by atoms with Crippen LogP contribution in [-0.4, -0.2) is 11.8 Å². The average molecular weight is 297 g/mol. The first-order chi connectivity index (χ1) is 8.46. The Bertz CT molecular complexity index is 283. The van der Waals surface area contributed by atoms with E-state index in [2.05, 4.69) is 24.3 Å². The van der Waals surface area contributed by atoms with Crippen molar-refractivity contribution in [1.29, 1.82) is 0 Å². The fourth-order valence-electron chi connectivity index (χ4n) is 0.680. The quantitative estimate of drug-likeness (QED) is 0.637. The minimum atomic E-state index is -0.583. The van der Waals surface area contributed by atoms with Gasteiger partial charge in [-0.15, -0.1) is 12.8 Å².